The summed E-state index contributed by atoms with van der Waals surface area (Å²) >= 11 is 0. The molecule has 2 aliphatic rings. The molecule has 0 spiro atoms. The topological polar surface area (TPSA) is 47.6 Å². The Kier molecular flexibility index (Phi) is 3.14. The number of carbonyl (C=O) groups is 1. The Morgan fingerprint density at radius 1 is 1.40 bits per heavy atom. The highest BCUT2D eigenvalue weighted by molar-refractivity contribution is 6.62. The number of hydrogen-bond acceptors (Lipinski definition) is 3. The van der Waals surface area contributed by atoms with Crippen LogP contribution in [0.5, 0.6) is 0 Å². The van der Waals surface area contributed by atoms with Gasteiger partial charge in [-0.2, -0.15) is 0 Å². The minimum absolute atomic E-state index is 0.0252. The van der Waals surface area contributed by atoms with Crippen molar-refractivity contribution in [2.24, 2.45) is 0 Å². The van der Waals surface area contributed by atoms with Crippen molar-refractivity contribution in [1.29, 1.82) is 0 Å². The summed E-state index contributed by atoms with van der Waals surface area (Å²) in [4.78, 5) is 11.9. The Morgan fingerprint density at radius 2 is 2.15 bits per heavy atom. The molecule has 2 heterocycles. The summed E-state index contributed by atoms with van der Waals surface area (Å²) in [6.07, 6.45) is 0.911. The lowest BCUT2D eigenvalue weighted by Crippen LogP contribution is -2.38. The van der Waals surface area contributed by atoms with Crippen molar-refractivity contribution < 1.29 is 14.1 Å². The molecule has 1 aromatic carbocycles. The van der Waals surface area contributed by atoms with E-state index in [0.29, 0.717) is 6.54 Å². The number of benzene rings is 1. The summed E-state index contributed by atoms with van der Waals surface area (Å²) in [5.74, 6) is 0.0252. The van der Waals surface area contributed by atoms with Gasteiger partial charge in [-0.1, -0.05) is 12.1 Å². The second-order valence-corrected chi connectivity index (χ2v) is 6.21. The van der Waals surface area contributed by atoms with Crippen LogP contribution >= 0.6 is 0 Å². The van der Waals surface area contributed by atoms with Crippen molar-refractivity contribution >= 4 is 18.5 Å². The van der Waals surface area contributed by atoms with Gasteiger partial charge in [0.25, 0.3) is 5.91 Å². The molecule has 3 rings (SSSR count). The number of rotatable bonds is 1. The molecule has 20 heavy (non-hydrogen) atoms. The predicted molar refractivity (Wildman–Crippen MR) is 78.3 cm³/mol. The SMILES string of the molecule is Cc1cc(B2OC(C)C(C)(C)O2)cc2c1C(=O)NCC2. The maximum absolute atomic E-state index is 11.9. The van der Waals surface area contributed by atoms with Gasteiger partial charge < -0.3 is 14.6 Å². The second-order valence-electron chi connectivity index (χ2n) is 6.21. The van der Waals surface area contributed by atoms with E-state index in [-0.39, 0.29) is 24.7 Å². The molecule has 0 bridgehead atoms. The molecule has 1 saturated heterocycles. The molecule has 1 fully saturated rings. The van der Waals surface area contributed by atoms with Crippen molar-refractivity contribution in [1.82, 2.24) is 5.32 Å². The Labute approximate surface area is 120 Å². The fraction of sp³-hybridized carbons (Fsp3) is 0.533. The molecule has 5 heteroatoms. The maximum Gasteiger partial charge on any atom is 0.494 e. The highest BCUT2D eigenvalue weighted by Crippen LogP contribution is 2.27. The van der Waals surface area contributed by atoms with Crippen LogP contribution in [-0.2, 0) is 15.7 Å². The Morgan fingerprint density at radius 3 is 2.80 bits per heavy atom. The van der Waals surface area contributed by atoms with Crippen molar-refractivity contribution in [3.8, 4) is 0 Å². The van der Waals surface area contributed by atoms with Gasteiger partial charge in [-0.05, 0) is 50.7 Å². The summed E-state index contributed by atoms with van der Waals surface area (Å²) in [5, 5.41) is 2.89. The van der Waals surface area contributed by atoms with E-state index in [2.05, 4.69) is 11.4 Å². The highest BCUT2D eigenvalue weighted by Gasteiger charge is 2.44. The molecule has 0 aliphatic carbocycles. The third kappa shape index (κ3) is 2.15. The summed E-state index contributed by atoms with van der Waals surface area (Å²) in [7, 11) is -0.339. The van der Waals surface area contributed by atoms with Crippen LogP contribution in [0.1, 0.15) is 42.3 Å². The lowest BCUT2D eigenvalue weighted by molar-refractivity contribution is 0.0842. The Hall–Kier alpha value is -1.33. The summed E-state index contributed by atoms with van der Waals surface area (Å²) in [6, 6.07) is 4.06. The lowest BCUT2D eigenvalue weighted by atomic mass is 9.76. The molecular formula is C15H20BNO3. The first-order valence-corrected chi connectivity index (χ1v) is 7.13. The van der Waals surface area contributed by atoms with Crippen LogP contribution in [-0.4, -0.2) is 31.3 Å². The van der Waals surface area contributed by atoms with E-state index in [4.69, 9.17) is 9.31 Å². The van der Waals surface area contributed by atoms with E-state index in [1.807, 2.05) is 33.8 Å². The van der Waals surface area contributed by atoms with Gasteiger partial charge in [0.2, 0.25) is 0 Å². The summed E-state index contributed by atoms with van der Waals surface area (Å²) in [5.41, 5.74) is 3.61. The van der Waals surface area contributed by atoms with E-state index < -0.39 is 0 Å². The number of hydrogen-bond donors (Lipinski definition) is 1. The van der Waals surface area contributed by atoms with Gasteiger partial charge in [0.05, 0.1) is 11.7 Å². The monoisotopic (exact) mass is 273 g/mol. The molecule has 1 unspecified atom stereocenters. The maximum atomic E-state index is 11.9. The largest absolute Gasteiger partial charge is 0.494 e. The normalized spacial score (nSPS) is 24.5. The zero-order valence-electron chi connectivity index (χ0n) is 12.4. The Balaban J connectivity index is 1.97. The van der Waals surface area contributed by atoms with Crippen LogP contribution in [0.3, 0.4) is 0 Å². The van der Waals surface area contributed by atoms with Crippen LogP contribution < -0.4 is 10.8 Å². The van der Waals surface area contributed by atoms with E-state index >= 15 is 0 Å². The van der Waals surface area contributed by atoms with E-state index in [1.54, 1.807) is 0 Å². The number of aryl methyl sites for hydroxylation is 1. The fourth-order valence-electron chi connectivity index (χ4n) is 2.84. The molecule has 4 nitrogen and oxygen atoms in total. The number of carbonyl (C=O) groups excluding carboxylic acids is 1. The van der Waals surface area contributed by atoms with Crippen LogP contribution in [0, 0.1) is 6.92 Å². The van der Waals surface area contributed by atoms with Crippen LogP contribution in [0.15, 0.2) is 12.1 Å². The first-order valence-electron chi connectivity index (χ1n) is 7.13. The molecule has 1 amide bonds. The lowest BCUT2D eigenvalue weighted by Gasteiger charge is -2.22. The van der Waals surface area contributed by atoms with Crippen molar-refractivity contribution in [2.75, 3.05) is 6.54 Å². The standard InChI is InChI=1S/C15H20BNO3/c1-9-7-12(16-19-10(2)15(3,4)20-16)8-11-5-6-17-14(18)13(9)11/h7-8,10H,5-6H2,1-4H3,(H,17,18). The molecule has 0 aromatic heterocycles. The van der Waals surface area contributed by atoms with Crippen LogP contribution in [0.25, 0.3) is 0 Å². The molecule has 0 saturated carbocycles. The third-order valence-electron chi connectivity index (χ3n) is 4.34. The minimum Gasteiger partial charge on any atom is -0.402 e. The van der Waals surface area contributed by atoms with Gasteiger partial charge in [-0.25, -0.2) is 0 Å². The molecule has 1 N–H and O–H groups in total. The molecule has 0 radical (unpaired) electrons. The van der Waals surface area contributed by atoms with E-state index in [1.165, 1.54) is 0 Å². The molecule has 106 valence electrons. The Bertz CT molecular complexity index is 570. The zero-order valence-corrected chi connectivity index (χ0v) is 12.4. The van der Waals surface area contributed by atoms with Crippen LogP contribution in [0.2, 0.25) is 0 Å². The second kappa shape index (κ2) is 4.60. The van der Waals surface area contributed by atoms with Gasteiger partial charge in [0.15, 0.2) is 0 Å². The number of nitrogens with one attached hydrogen (secondary N) is 1. The van der Waals surface area contributed by atoms with Gasteiger partial charge in [-0.15, -0.1) is 0 Å². The van der Waals surface area contributed by atoms with Gasteiger partial charge in [-0.3, -0.25) is 4.79 Å². The average molecular weight is 273 g/mol. The molecule has 2 aliphatic heterocycles. The molecular weight excluding hydrogens is 253 g/mol. The minimum atomic E-state index is -0.339. The zero-order chi connectivity index (χ0) is 14.5. The first kappa shape index (κ1) is 13.6. The predicted octanol–water partition coefficient (Wildman–Crippen LogP) is 1.19. The van der Waals surface area contributed by atoms with Gasteiger partial charge >= 0.3 is 7.12 Å². The number of amides is 1. The third-order valence-corrected chi connectivity index (χ3v) is 4.34. The summed E-state index contributed by atoms with van der Waals surface area (Å²) < 4.78 is 11.9. The fourth-order valence-corrected chi connectivity index (χ4v) is 2.84. The number of fused-ring (bicyclic) bond motifs is 1. The van der Waals surface area contributed by atoms with Crippen molar-refractivity contribution in [2.45, 2.75) is 45.8 Å². The quantitative estimate of drug-likeness (QED) is 0.782. The summed E-state index contributed by atoms with van der Waals surface area (Å²) in [6.45, 7) is 8.77. The van der Waals surface area contributed by atoms with E-state index in [9.17, 15) is 4.79 Å². The molecule has 1 aromatic rings. The van der Waals surface area contributed by atoms with Crippen molar-refractivity contribution in [3.63, 3.8) is 0 Å². The smallest absolute Gasteiger partial charge is 0.402 e. The van der Waals surface area contributed by atoms with E-state index in [0.717, 1.165) is 28.6 Å². The van der Waals surface area contributed by atoms with Crippen molar-refractivity contribution in [3.05, 3.63) is 28.8 Å². The highest BCUT2D eigenvalue weighted by atomic mass is 16.7. The van der Waals surface area contributed by atoms with Gasteiger partial charge in [0.1, 0.15) is 0 Å². The first-order chi connectivity index (χ1) is 9.38. The molecule has 1 atom stereocenters. The van der Waals surface area contributed by atoms with Gasteiger partial charge in [0, 0.05) is 12.1 Å². The average Bonchev–Trinajstić information content (AvgIpc) is 2.63. The van der Waals surface area contributed by atoms with Crippen LogP contribution in [0.4, 0.5) is 0 Å².